The number of methoxy groups -OCH3 is 1. The fraction of sp³-hybridized carbons (Fsp3) is 0.200. The molecule has 7 nitrogen and oxygen atoms in total. The summed E-state index contributed by atoms with van der Waals surface area (Å²) in [5.74, 6) is 0.200. The number of sulfone groups is 1. The predicted molar refractivity (Wildman–Crippen MR) is 108 cm³/mol. The molecule has 0 bridgehead atoms. The van der Waals surface area contributed by atoms with Gasteiger partial charge < -0.3 is 10.1 Å². The molecular weight excluding hydrogens is 378 g/mol. The summed E-state index contributed by atoms with van der Waals surface area (Å²) >= 11 is 0. The van der Waals surface area contributed by atoms with E-state index in [2.05, 4.69) is 10.4 Å². The van der Waals surface area contributed by atoms with Crippen LogP contribution < -0.4 is 10.1 Å². The second kappa shape index (κ2) is 8.26. The highest BCUT2D eigenvalue weighted by Crippen LogP contribution is 2.25. The Hall–Kier alpha value is -3.13. The molecule has 0 radical (unpaired) electrons. The number of nitrogens with one attached hydrogen (secondary N) is 1. The Labute approximate surface area is 163 Å². The Kier molecular flexibility index (Phi) is 5.79. The van der Waals surface area contributed by atoms with E-state index >= 15 is 0 Å². The molecule has 0 fully saturated rings. The first-order valence-corrected chi connectivity index (χ1v) is 10.7. The zero-order valence-electron chi connectivity index (χ0n) is 15.6. The summed E-state index contributed by atoms with van der Waals surface area (Å²) in [4.78, 5) is 12.7. The minimum Gasteiger partial charge on any atom is -0.497 e. The largest absolute Gasteiger partial charge is 0.497 e. The standard InChI is InChI=1S/C20H21N3O4S/c1-27-17-10-8-15(9-11-17)19-18(20(24)21-12-13-28(2,25)26)14-23(22-19)16-6-4-3-5-7-16/h3-11,14H,12-13H2,1-2H3,(H,21,24). The number of ether oxygens (including phenoxy) is 1. The van der Waals surface area contributed by atoms with E-state index in [9.17, 15) is 13.2 Å². The van der Waals surface area contributed by atoms with Crippen LogP contribution in [-0.2, 0) is 9.84 Å². The van der Waals surface area contributed by atoms with Gasteiger partial charge in [-0.2, -0.15) is 5.10 Å². The van der Waals surface area contributed by atoms with Crippen molar-refractivity contribution in [3.63, 3.8) is 0 Å². The third kappa shape index (κ3) is 4.77. The van der Waals surface area contributed by atoms with Gasteiger partial charge in [0.15, 0.2) is 0 Å². The lowest BCUT2D eigenvalue weighted by molar-refractivity contribution is 0.0956. The van der Waals surface area contributed by atoms with Crippen LogP contribution in [0.2, 0.25) is 0 Å². The lowest BCUT2D eigenvalue weighted by atomic mass is 10.1. The van der Waals surface area contributed by atoms with Crippen molar-refractivity contribution < 1.29 is 17.9 Å². The Morgan fingerprint density at radius 3 is 2.39 bits per heavy atom. The van der Waals surface area contributed by atoms with Gasteiger partial charge in [-0.15, -0.1) is 0 Å². The zero-order chi connectivity index (χ0) is 20.1. The molecule has 0 atom stereocenters. The molecule has 3 aromatic rings. The van der Waals surface area contributed by atoms with E-state index in [0.29, 0.717) is 17.0 Å². The number of hydrogen-bond acceptors (Lipinski definition) is 5. The van der Waals surface area contributed by atoms with E-state index in [1.54, 1.807) is 30.1 Å². The second-order valence-corrected chi connectivity index (χ2v) is 8.55. The number of aromatic nitrogens is 2. The summed E-state index contributed by atoms with van der Waals surface area (Å²) < 4.78 is 29.4. The Morgan fingerprint density at radius 2 is 1.79 bits per heavy atom. The monoisotopic (exact) mass is 399 g/mol. The van der Waals surface area contributed by atoms with Crippen molar-refractivity contribution in [2.24, 2.45) is 0 Å². The van der Waals surface area contributed by atoms with Crippen LogP contribution in [0.15, 0.2) is 60.8 Å². The van der Waals surface area contributed by atoms with Crippen molar-refractivity contribution in [2.75, 3.05) is 25.7 Å². The highest BCUT2D eigenvalue weighted by atomic mass is 32.2. The Morgan fingerprint density at radius 1 is 1.11 bits per heavy atom. The van der Waals surface area contributed by atoms with E-state index in [-0.39, 0.29) is 18.2 Å². The van der Waals surface area contributed by atoms with Crippen LogP contribution in [0.25, 0.3) is 16.9 Å². The summed E-state index contributed by atoms with van der Waals surface area (Å²) in [5.41, 5.74) is 2.43. The predicted octanol–water partition coefficient (Wildman–Crippen LogP) is 2.32. The van der Waals surface area contributed by atoms with E-state index in [4.69, 9.17) is 4.74 Å². The van der Waals surface area contributed by atoms with Gasteiger partial charge in [0.25, 0.3) is 5.91 Å². The first kappa shape index (κ1) is 19.6. The molecule has 0 aliphatic rings. The third-order valence-electron chi connectivity index (χ3n) is 4.10. The fourth-order valence-electron chi connectivity index (χ4n) is 2.66. The highest BCUT2D eigenvalue weighted by Gasteiger charge is 2.19. The van der Waals surface area contributed by atoms with Gasteiger partial charge in [0, 0.05) is 24.6 Å². The molecular formula is C20H21N3O4S. The minimum atomic E-state index is -3.16. The normalized spacial score (nSPS) is 11.2. The smallest absolute Gasteiger partial charge is 0.255 e. The van der Waals surface area contributed by atoms with Crippen LogP contribution in [0.5, 0.6) is 5.75 Å². The van der Waals surface area contributed by atoms with Crippen molar-refractivity contribution in [1.29, 1.82) is 0 Å². The summed E-state index contributed by atoms with van der Waals surface area (Å²) in [5, 5.41) is 7.24. The average Bonchev–Trinajstić information content (AvgIpc) is 3.13. The SMILES string of the molecule is COc1ccc(-c2nn(-c3ccccc3)cc2C(=O)NCCS(C)(=O)=O)cc1. The highest BCUT2D eigenvalue weighted by molar-refractivity contribution is 7.90. The van der Waals surface area contributed by atoms with Crippen LogP contribution in [-0.4, -0.2) is 49.8 Å². The third-order valence-corrected chi connectivity index (χ3v) is 5.05. The molecule has 1 aromatic heterocycles. The Bertz CT molecular complexity index is 1060. The van der Waals surface area contributed by atoms with E-state index < -0.39 is 9.84 Å². The number of hydrogen-bond donors (Lipinski definition) is 1. The molecule has 8 heteroatoms. The van der Waals surface area contributed by atoms with Gasteiger partial charge in [-0.1, -0.05) is 18.2 Å². The van der Waals surface area contributed by atoms with Gasteiger partial charge >= 0.3 is 0 Å². The maximum Gasteiger partial charge on any atom is 0.255 e. The number of amides is 1. The van der Waals surface area contributed by atoms with Gasteiger partial charge in [-0.3, -0.25) is 4.79 Å². The fourth-order valence-corrected chi connectivity index (χ4v) is 3.13. The van der Waals surface area contributed by atoms with Crippen molar-refractivity contribution in [1.82, 2.24) is 15.1 Å². The lowest BCUT2D eigenvalue weighted by Crippen LogP contribution is -2.28. The first-order valence-electron chi connectivity index (χ1n) is 8.63. The Balaban J connectivity index is 1.96. The van der Waals surface area contributed by atoms with Gasteiger partial charge in [-0.25, -0.2) is 13.1 Å². The van der Waals surface area contributed by atoms with Gasteiger partial charge in [-0.05, 0) is 36.4 Å². The summed E-state index contributed by atoms with van der Waals surface area (Å²) in [7, 11) is -1.58. The maximum atomic E-state index is 12.7. The zero-order valence-corrected chi connectivity index (χ0v) is 16.4. The molecule has 0 aliphatic carbocycles. The number of benzene rings is 2. The van der Waals surface area contributed by atoms with Crippen molar-refractivity contribution >= 4 is 15.7 Å². The number of rotatable bonds is 7. The molecule has 1 N–H and O–H groups in total. The molecule has 3 rings (SSSR count). The molecule has 0 unspecified atom stereocenters. The molecule has 28 heavy (non-hydrogen) atoms. The first-order chi connectivity index (χ1) is 13.4. The van der Waals surface area contributed by atoms with Crippen molar-refractivity contribution in [3.8, 4) is 22.7 Å². The molecule has 1 heterocycles. The lowest BCUT2D eigenvalue weighted by Gasteiger charge is -2.05. The van der Waals surface area contributed by atoms with E-state index in [1.165, 1.54) is 0 Å². The van der Waals surface area contributed by atoms with Crippen LogP contribution in [0.4, 0.5) is 0 Å². The van der Waals surface area contributed by atoms with Gasteiger partial charge in [0.05, 0.1) is 24.1 Å². The van der Waals surface area contributed by atoms with Crippen LogP contribution >= 0.6 is 0 Å². The second-order valence-electron chi connectivity index (χ2n) is 6.29. The molecule has 2 aromatic carbocycles. The summed E-state index contributed by atoms with van der Waals surface area (Å²) in [6, 6.07) is 16.7. The van der Waals surface area contributed by atoms with Crippen molar-refractivity contribution in [3.05, 3.63) is 66.4 Å². The summed E-state index contributed by atoms with van der Waals surface area (Å²) in [6.07, 6.45) is 2.78. The van der Waals surface area contributed by atoms with Gasteiger partial charge in [0.2, 0.25) is 0 Å². The van der Waals surface area contributed by atoms with Crippen LogP contribution in [0.1, 0.15) is 10.4 Å². The number of carbonyl (C=O) groups is 1. The maximum absolute atomic E-state index is 12.7. The van der Waals surface area contributed by atoms with E-state index in [1.807, 2.05) is 42.5 Å². The number of nitrogens with zero attached hydrogens (tertiary/aromatic N) is 2. The molecule has 0 saturated heterocycles. The molecule has 0 saturated carbocycles. The van der Waals surface area contributed by atoms with Crippen LogP contribution in [0, 0.1) is 0 Å². The molecule has 146 valence electrons. The summed E-state index contributed by atoms with van der Waals surface area (Å²) in [6.45, 7) is 0.0379. The van der Waals surface area contributed by atoms with Crippen LogP contribution in [0.3, 0.4) is 0 Å². The molecule has 1 amide bonds. The average molecular weight is 399 g/mol. The number of para-hydroxylation sites is 1. The minimum absolute atomic E-state index is 0.0379. The topological polar surface area (TPSA) is 90.3 Å². The van der Waals surface area contributed by atoms with Gasteiger partial charge in [0.1, 0.15) is 21.3 Å². The number of carbonyl (C=O) groups excluding carboxylic acids is 1. The quantitative estimate of drug-likeness (QED) is 0.658. The molecule has 0 spiro atoms. The molecule has 0 aliphatic heterocycles. The van der Waals surface area contributed by atoms with E-state index in [0.717, 1.165) is 17.5 Å². The van der Waals surface area contributed by atoms with Crippen molar-refractivity contribution in [2.45, 2.75) is 0 Å².